The Bertz CT molecular complexity index is 1420. The minimum Gasteiger partial charge on any atom is -0.489 e. The van der Waals surface area contributed by atoms with Gasteiger partial charge in [0.1, 0.15) is 10.9 Å². The number of anilines is 4. The molecule has 41 heavy (non-hydrogen) atoms. The number of ether oxygens (including phenoxy) is 2. The number of rotatable bonds is 8. The first-order valence-corrected chi connectivity index (χ1v) is 16.1. The van der Waals surface area contributed by atoms with E-state index < -0.39 is 21.9 Å². The summed E-state index contributed by atoms with van der Waals surface area (Å²) < 4.78 is 39.5. The van der Waals surface area contributed by atoms with Gasteiger partial charge in [-0.25, -0.2) is 13.4 Å². The van der Waals surface area contributed by atoms with E-state index in [9.17, 15) is 18.3 Å². The highest BCUT2D eigenvalue weighted by atomic mass is 32.2. The highest BCUT2D eigenvalue weighted by Gasteiger charge is 2.44. The Labute approximate surface area is 241 Å². The van der Waals surface area contributed by atoms with Gasteiger partial charge in [-0.05, 0) is 69.2 Å². The summed E-state index contributed by atoms with van der Waals surface area (Å²) in [6.07, 6.45) is 5.45. The number of amides is 1. The van der Waals surface area contributed by atoms with Gasteiger partial charge in [-0.15, -0.1) is 0 Å². The average Bonchev–Trinajstić information content (AvgIpc) is 3.53. The van der Waals surface area contributed by atoms with E-state index >= 15 is 0 Å². The Hall–Kier alpha value is -3.09. The Morgan fingerprint density at radius 2 is 1.93 bits per heavy atom. The molecule has 3 N–H and O–H groups in total. The van der Waals surface area contributed by atoms with Crippen LogP contribution in [0.1, 0.15) is 55.6 Å². The molecule has 1 amide bonds. The molecule has 1 aromatic carbocycles. The van der Waals surface area contributed by atoms with Gasteiger partial charge in [0, 0.05) is 38.2 Å². The summed E-state index contributed by atoms with van der Waals surface area (Å²) in [5.41, 5.74) is 3.48. The van der Waals surface area contributed by atoms with Crippen LogP contribution in [0.25, 0.3) is 0 Å². The van der Waals surface area contributed by atoms with Crippen molar-refractivity contribution >= 4 is 38.8 Å². The van der Waals surface area contributed by atoms with Crippen molar-refractivity contribution in [1.82, 2.24) is 4.98 Å². The number of carbonyl (C=O) groups is 1. The molecule has 222 valence electrons. The van der Waals surface area contributed by atoms with E-state index in [-0.39, 0.29) is 12.0 Å². The quantitative estimate of drug-likeness (QED) is 0.428. The predicted octanol–water partition coefficient (Wildman–Crippen LogP) is 3.00. The van der Waals surface area contributed by atoms with Gasteiger partial charge in [0.2, 0.25) is 10.0 Å². The van der Waals surface area contributed by atoms with Crippen LogP contribution >= 0.6 is 0 Å². The molecule has 0 radical (unpaired) electrons. The lowest BCUT2D eigenvalue weighted by Crippen LogP contribution is -2.41. The number of benzene rings is 1. The number of sulfonamides is 1. The number of morpholine rings is 1. The Kier molecular flexibility index (Phi) is 7.50. The zero-order valence-corrected chi connectivity index (χ0v) is 24.5. The fourth-order valence-corrected chi connectivity index (χ4v) is 6.78. The molecule has 1 aliphatic carbocycles. The summed E-state index contributed by atoms with van der Waals surface area (Å²) in [5.74, 6) is 1.09. The molecule has 2 aromatic rings. The molecule has 3 aliphatic heterocycles. The fourth-order valence-electron chi connectivity index (χ4n) is 5.93. The zero-order chi connectivity index (χ0) is 28.8. The van der Waals surface area contributed by atoms with Crippen LogP contribution in [0.5, 0.6) is 5.75 Å². The van der Waals surface area contributed by atoms with Gasteiger partial charge in [-0.2, -0.15) is 0 Å². The largest absolute Gasteiger partial charge is 0.489 e. The summed E-state index contributed by atoms with van der Waals surface area (Å²) in [4.78, 5) is 22.8. The first-order valence-electron chi connectivity index (χ1n) is 14.5. The summed E-state index contributed by atoms with van der Waals surface area (Å²) >= 11 is 0. The van der Waals surface area contributed by atoms with Crippen LogP contribution in [-0.4, -0.2) is 81.8 Å². The summed E-state index contributed by atoms with van der Waals surface area (Å²) in [6, 6.07) is 6.95. The number of hydrogen-bond donors (Lipinski definition) is 3. The lowest BCUT2D eigenvalue weighted by Gasteiger charge is -2.35. The Morgan fingerprint density at radius 1 is 1.15 bits per heavy atom. The second-order valence-electron chi connectivity index (χ2n) is 11.9. The predicted molar refractivity (Wildman–Crippen MR) is 158 cm³/mol. The maximum atomic E-state index is 13.7. The van der Waals surface area contributed by atoms with Crippen molar-refractivity contribution < 1.29 is 27.8 Å². The SMILES string of the molecule is C[C@@H]1CN(c2nc(C(=O)Nc3ccc(NS(=O)(=O)[C@H](C)CO)cc3N3CCC4(CC3)CC4)cc3c2OCC3)CCO1. The minimum atomic E-state index is -3.77. The maximum absolute atomic E-state index is 13.7. The normalized spacial score (nSPS) is 22.2. The van der Waals surface area contributed by atoms with Gasteiger partial charge in [-0.1, -0.05) is 0 Å². The number of aliphatic hydroxyl groups excluding tert-OH is 1. The summed E-state index contributed by atoms with van der Waals surface area (Å²) in [7, 11) is -3.77. The van der Waals surface area contributed by atoms with Gasteiger partial charge in [0.05, 0.1) is 43.0 Å². The van der Waals surface area contributed by atoms with Gasteiger partial charge in [0.15, 0.2) is 11.6 Å². The van der Waals surface area contributed by atoms with Gasteiger partial charge >= 0.3 is 0 Å². The molecular weight excluding hydrogens is 546 g/mol. The second kappa shape index (κ2) is 11.0. The summed E-state index contributed by atoms with van der Waals surface area (Å²) in [6.45, 7) is 7.15. The molecule has 6 rings (SSSR count). The number of piperidine rings is 1. The average molecular weight is 586 g/mol. The highest BCUT2D eigenvalue weighted by Crippen LogP contribution is 2.54. The van der Waals surface area contributed by atoms with E-state index in [0.29, 0.717) is 61.0 Å². The van der Waals surface area contributed by atoms with Gasteiger partial charge < -0.3 is 29.7 Å². The number of nitrogens with one attached hydrogen (secondary N) is 2. The van der Waals surface area contributed by atoms with E-state index in [1.807, 2.05) is 6.92 Å². The molecule has 1 aromatic heterocycles. The minimum absolute atomic E-state index is 0.0540. The van der Waals surface area contributed by atoms with E-state index in [1.165, 1.54) is 19.8 Å². The smallest absolute Gasteiger partial charge is 0.274 e. The first kappa shape index (κ1) is 28.0. The number of pyridine rings is 1. The Morgan fingerprint density at radius 3 is 2.63 bits per heavy atom. The topological polar surface area (TPSA) is 133 Å². The molecule has 11 nitrogen and oxygen atoms in total. The van der Waals surface area contributed by atoms with Gasteiger partial charge in [-0.3, -0.25) is 9.52 Å². The lowest BCUT2D eigenvalue weighted by atomic mass is 9.93. The van der Waals surface area contributed by atoms with Crippen molar-refractivity contribution in [2.75, 3.05) is 65.8 Å². The third-order valence-electron chi connectivity index (χ3n) is 8.84. The van der Waals surface area contributed by atoms with Crippen molar-refractivity contribution in [2.45, 2.75) is 57.3 Å². The number of aromatic nitrogens is 1. The van der Waals surface area contributed by atoms with Gasteiger partial charge in [0.25, 0.3) is 5.91 Å². The van der Waals surface area contributed by atoms with Crippen molar-refractivity contribution in [2.24, 2.45) is 5.41 Å². The molecule has 1 saturated carbocycles. The second-order valence-corrected chi connectivity index (χ2v) is 14.0. The number of nitrogens with zero attached hydrogens (tertiary/aromatic N) is 3. The standard InChI is InChI=1S/C29H39N5O6S/c1-19-17-34(12-14-39-19)27-26-21(5-13-40-26)15-24(30-27)28(36)31-23-4-3-22(32-41(37,38)20(2)18-35)16-25(23)33-10-8-29(6-7-29)9-11-33/h3-4,15-16,19-20,32,35H,5-14,17-18H2,1-2H3,(H,31,36)/t19-,20-/m1/s1. The van der Waals surface area contributed by atoms with E-state index in [1.54, 1.807) is 24.3 Å². The van der Waals surface area contributed by atoms with Crippen molar-refractivity contribution in [3.63, 3.8) is 0 Å². The van der Waals surface area contributed by atoms with Crippen LogP contribution in [0.2, 0.25) is 0 Å². The lowest BCUT2D eigenvalue weighted by molar-refractivity contribution is 0.0527. The van der Waals surface area contributed by atoms with Crippen molar-refractivity contribution in [3.05, 3.63) is 35.5 Å². The molecule has 4 aliphatic rings. The molecule has 12 heteroatoms. The monoisotopic (exact) mass is 585 g/mol. The van der Waals surface area contributed by atoms with Crippen LogP contribution in [0.15, 0.2) is 24.3 Å². The van der Waals surface area contributed by atoms with Crippen LogP contribution < -0.4 is 24.6 Å². The zero-order valence-electron chi connectivity index (χ0n) is 23.7. The van der Waals surface area contributed by atoms with Crippen molar-refractivity contribution in [1.29, 1.82) is 0 Å². The third-order valence-corrected chi connectivity index (χ3v) is 10.6. The number of carbonyl (C=O) groups excluding carboxylic acids is 1. The Balaban J connectivity index is 1.29. The van der Waals surface area contributed by atoms with E-state index in [2.05, 4.69) is 19.8 Å². The van der Waals surface area contributed by atoms with Crippen LogP contribution in [-0.2, 0) is 21.2 Å². The highest BCUT2D eigenvalue weighted by molar-refractivity contribution is 7.93. The molecule has 3 fully saturated rings. The number of fused-ring (bicyclic) bond motifs is 1. The van der Waals surface area contributed by atoms with E-state index in [0.717, 1.165) is 42.9 Å². The molecular formula is C29H39N5O6S. The van der Waals surface area contributed by atoms with E-state index in [4.69, 9.17) is 14.5 Å². The van der Waals surface area contributed by atoms with Crippen LogP contribution in [0.4, 0.5) is 22.9 Å². The molecule has 1 spiro atoms. The third kappa shape index (κ3) is 5.82. The molecule has 2 saturated heterocycles. The fraction of sp³-hybridized carbons (Fsp3) is 0.586. The molecule has 0 unspecified atom stereocenters. The van der Waals surface area contributed by atoms with Crippen LogP contribution in [0.3, 0.4) is 0 Å². The molecule has 4 heterocycles. The van der Waals surface area contributed by atoms with Crippen LogP contribution in [0, 0.1) is 5.41 Å². The first-order chi connectivity index (χ1) is 19.7. The number of aliphatic hydroxyl groups is 1. The molecule has 0 bridgehead atoms. The molecule has 2 atom stereocenters. The summed E-state index contributed by atoms with van der Waals surface area (Å²) in [5, 5.41) is 11.5. The maximum Gasteiger partial charge on any atom is 0.274 e. The number of hydrogen-bond acceptors (Lipinski definition) is 9. The van der Waals surface area contributed by atoms with Crippen molar-refractivity contribution in [3.8, 4) is 5.75 Å².